The summed E-state index contributed by atoms with van der Waals surface area (Å²) in [6.45, 7) is 7.20. The molecule has 1 rings (SSSR count). The molecule has 0 aliphatic heterocycles. The van der Waals surface area contributed by atoms with Crippen LogP contribution in [-0.2, 0) is 0 Å². The first-order valence-electron chi connectivity index (χ1n) is 4.63. The minimum absolute atomic E-state index is 0.125. The van der Waals surface area contributed by atoms with E-state index in [4.69, 9.17) is 0 Å². The maximum Gasteiger partial charge on any atom is 0.205 e. The number of hydrogen-bond donors (Lipinski definition) is 1. The molecule has 0 amide bonds. The van der Waals surface area contributed by atoms with Gasteiger partial charge in [-0.2, -0.15) is 0 Å². The van der Waals surface area contributed by atoms with Crippen LogP contribution in [0.25, 0.3) is 0 Å². The summed E-state index contributed by atoms with van der Waals surface area (Å²) in [6, 6.07) is 0. The third-order valence-corrected chi connectivity index (χ3v) is 3.21. The van der Waals surface area contributed by atoms with E-state index in [2.05, 4.69) is 48.4 Å². The highest BCUT2D eigenvalue weighted by Crippen LogP contribution is 2.16. The average Bonchev–Trinajstić information content (AvgIpc) is 2.48. The Morgan fingerprint density at radius 3 is 2.43 bits per heavy atom. The van der Waals surface area contributed by atoms with Crippen molar-refractivity contribution in [1.82, 2.24) is 15.1 Å². The lowest BCUT2D eigenvalue weighted by Gasteiger charge is -2.32. The van der Waals surface area contributed by atoms with Crippen LogP contribution in [0.1, 0.15) is 18.9 Å². The van der Waals surface area contributed by atoms with Crippen LogP contribution < -0.4 is 5.32 Å². The average molecular weight is 214 g/mol. The van der Waals surface area contributed by atoms with E-state index in [1.165, 1.54) is 0 Å². The minimum atomic E-state index is 0.125. The lowest BCUT2D eigenvalue weighted by Crippen LogP contribution is -2.44. The van der Waals surface area contributed by atoms with E-state index >= 15 is 0 Å². The van der Waals surface area contributed by atoms with Gasteiger partial charge in [0.2, 0.25) is 5.13 Å². The molecule has 1 N–H and O–H groups in total. The first-order chi connectivity index (χ1) is 6.42. The molecule has 0 atom stereocenters. The van der Waals surface area contributed by atoms with Gasteiger partial charge in [-0.25, -0.2) is 0 Å². The molecule has 0 bridgehead atoms. The number of anilines is 1. The van der Waals surface area contributed by atoms with E-state index in [-0.39, 0.29) is 5.54 Å². The molecule has 5 heteroatoms. The molecule has 0 aromatic carbocycles. The first-order valence-corrected chi connectivity index (χ1v) is 5.45. The zero-order chi connectivity index (χ0) is 10.8. The van der Waals surface area contributed by atoms with Crippen molar-refractivity contribution in [3.63, 3.8) is 0 Å². The van der Waals surface area contributed by atoms with Crippen molar-refractivity contribution in [2.75, 3.05) is 26.0 Å². The van der Waals surface area contributed by atoms with Gasteiger partial charge in [-0.05, 0) is 34.9 Å². The van der Waals surface area contributed by atoms with Gasteiger partial charge in [0.05, 0.1) is 0 Å². The van der Waals surface area contributed by atoms with Gasteiger partial charge in [-0.15, -0.1) is 10.2 Å². The number of aromatic nitrogens is 2. The number of rotatable bonds is 4. The van der Waals surface area contributed by atoms with Crippen LogP contribution in [0.2, 0.25) is 0 Å². The van der Waals surface area contributed by atoms with Crippen molar-refractivity contribution < 1.29 is 0 Å². The van der Waals surface area contributed by atoms with Gasteiger partial charge in [-0.1, -0.05) is 11.3 Å². The summed E-state index contributed by atoms with van der Waals surface area (Å²) in [5.41, 5.74) is 0.125. The SMILES string of the molecule is Cc1nnc(NCC(C)(C)N(C)C)s1. The fourth-order valence-corrected chi connectivity index (χ4v) is 1.41. The molecule has 1 aromatic rings. The van der Waals surface area contributed by atoms with Gasteiger partial charge in [0.1, 0.15) is 5.01 Å². The molecule has 4 nitrogen and oxygen atoms in total. The summed E-state index contributed by atoms with van der Waals surface area (Å²) in [7, 11) is 4.15. The van der Waals surface area contributed by atoms with Gasteiger partial charge >= 0.3 is 0 Å². The Labute approximate surface area is 89.3 Å². The van der Waals surface area contributed by atoms with Crippen LogP contribution in [0.5, 0.6) is 0 Å². The minimum Gasteiger partial charge on any atom is -0.358 e. The number of nitrogens with one attached hydrogen (secondary N) is 1. The number of hydrogen-bond acceptors (Lipinski definition) is 5. The van der Waals surface area contributed by atoms with Crippen molar-refractivity contribution in [2.45, 2.75) is 26.3 Å². The molecule has 0 saturated carbocycles. The molecule has 80 valence electrons. The molecule has 0 aliphatic carbocycles. The molecule has 0 unspecified atom stereocenters. The lowest BCUT2D eigenvalue weighted by atomic mass is 10.1. The zero-order valence-electron chi connectivity index (χ0n) is 9.46. The smallest absolute Gasteiger partial charge is 0.205 e. The predicted octanol–water partition coefficient (Wildman–Crippen LogP) is 1.60. The third kappa shape index (κ3) is 2.92. The molecular weight excluding hydrogens is 196 g/mol. The van der Waals surface area contributed by atoms with Crippen molar-refractivity contribution in [1.29, 1.82) is 0 Å². The topological polar surface area (TPSA) is 41.1 Å². The molecule has 1 heterocycles. The van der Waals surface area contributed by atoms with Crippen LogP contribution in [-0.4, -0.2) is 41.3 Å². The van der Waals surface area contributed by atoms with Crippen LogP contribution in [0.15, 0.2) is 0 Å². The Hall–Kier alpha value is -0.680. The maximum absolute atomic E-state index is 4.02. The van der Waals surface area contributed by atoms with Crippen LogP contribution in [0.4, 0.5) is 5.13 Å². The van der Waals surface area contributed by atoms with E-state index in [9.17, 15) is 0 Å². The van der Waals surface area contributed by atoms with E-state index in [1.54, 1.807) is 11.3 Å². The maximum atomic E-state index is 4.02. The molecule has 0 saturated heterocycles. The van der Waals surface area contributed by atoms with Gasteiger partial charge < -0.3 is 10.2 Å². The standard InChI is InChI=1S/C9H18N4S/c1-7-11-12-8(14-7)10-6-9(2,3)13(4)5/h6H2,1-5H3,(H,10,12). The quantitative estimate of drug-likeness (QED) is 0.826. The Morgan fingerprint density at radius 1 is 1.36 bits per heavy atom. The second-order valence-corrected chi connectivity index (χ2v) is 5.37. The summed E-state index contributed by atoms with van der Waals surface area (Å²) in [5.74, 6) is 0. The Bertz CT molecular complexity index is 293. The number of likely N-dealkylation sites (N-methyl/N-ethyl adjacent to an activating group) is 1. The highest BCUT2D eigenvalue weighted by Gasteiger charge is 2.20. The van der Waals surface area contributed by atoms with Crippen LogP contribution in [0, 0.1) is 6.92 Å². The highest BCUT2D eigenvalue weighted by atomic mass is 32.1. The molecule has 0 radical (unpaired) electrons. The molecule has 0 aliphatic rings. The summed E-state index contributed by atoms with van der Waals surface area (Å²) >= 11 is 1.59. The van der Waals surface area contributed by atoms with Crippen molar-refractivity contribution in [2.24, 2.45) is 0 Å². The molecule has 1 aromatic heterocycles. The zero-order valence-corrected chi connectivity index (χ0v) is 10.3. The van der Waals surface area contributed by atoms with Crippen molar-refractivity contribution in [3.8, 4) is 0 Å². The Morgan fingerprint density at radius 2 is 2.00 bits per heavy atom. The molecular formula is C9H18N4S. The summed E-state index contributed by atoms with van der Waals surface area (Å²) in [6.07, 6.45) is 0. The van der Waals surface area contributed by atoms with Crippen LogP contribution in [0.3, 0.4) is 0 Å². The Kier molecular flexibility index (Phi) is 3.44. The normalized spacial score (nSPS) is 12.1. The fourth-order valence-electron chi connectivity index (χ4n) is 0.818. The van der Waals surface area contributed by atoms with E-state index in [0.717, 1.165) is 16.7 Å². The monoisotopic (exact) mass is 214 g/mol. The first kappa shape index (κ1) is 11.4. The lowest BCUT2D eigenvalue weighted by molar-refractivity contribution is 0.210. The van der Waals surface area contributed by atoms with E-state index < -0.39 is 0 Å². The van der Waals surface area contributed by atoms with E-state index in [1.807, 2.05) is 6.92 Å². The largest absolute Gasteiger partial charge is 0.358 e. The van der Waals surface area contributed by atoms with Gasteiger partial charge in [0.25, 0.3) is 0 Å². The van der Waals surface area contributed by atoms with Crippen molar-refractivity contribution >= 4 is 16.5 Å². The van der Waals surface area contributed by atoms with Gasteiger partial charge in [0, 0.05) is 12.1 Å². The predicted molar refractivity (Wildman–Crippen MR) is 60.9 cm³/mol. The number of nitrogens with zero attached hydrogens (tertiary/aromatic N) is 3. The van der Waals surface area contributed by atoms with Crippen molar-refractivity contribution in [3.05, 3.63) is 5.01 Å². The second-order valence-electron chi connectivity index (χ2n) is 4.19. The van der Waals surface area contributed by atoms with Crippen LogP contribution >= 0.6 is 11.3 Å². The van der Waals surface area contributed by atoms with E-state index in [0.29, 0.717) is 0 Å². The summed E-state index contributed by atoms with van der Waals surface area (Å²) in [4.78, 5) is 2.19. The number of aryl methyl sites for hydroxylation is 1. The fraction of sp³-hybridized carbons (Fsp3) is 0.778. The second kappa shape index (κ2) is 4.23. The summed E-state index contributed by atoms with van der Waals surface area (Å²) in [5, 5.41) is 13.2. The molecule has 14 heavy (non-hydrogen) atoms. The third-order valence-electron chi connectivity index (χ3n) is 2.41. The van der Waals surface area contributed by atoms with Gasteiger partial charge in [0.15, 0.2) is 0 Å². The van der Waals surface area contributed by atoms with Gasteiger partial charge in [-0.3, -0.25) is 0 Å². The summed E-state index contributed by atoms with van der Waals surface area (Å²) < 4.78 is 0. The Balaban J connectivity index is 2.48. The molecule has 0 spiro atoms. The molecule has 0 fully saturated rings. The highest BCUT2D eigenvalue weighted by molar-refractivity contribution is 7.15.